The number of hydrogen-bond donors (Lipinski definition) is 1. The molecule has 2 aromatic rings. The Morgan fingerprint density at radius 3 is 2.57 bits per heavy atom. The van der Waals surface area contributed by atoms with Gasteiger partial charge in [-0.1, -0.05) is 29.3 Å². The highest BCUT2D eigenvalue weighted by Crippen LogP contribution is 2.23. The fraction of sp³-hybridized carbons (Fsp3) is 0.333. The fourth-order valence-electron chi connectivity index (χ4n) is 2.58. The smallest absolute Gasteiger partial charge is 0.273 e. The van der Waals surface area contributed by atoms with Crippen molar-refractivity contribution in [1.82, 2.24) is 20.0 Å². The van der Waals surface area contributed by atoms with Crippen LogP contribution in [0.5, 0.6) is 0 Å². The molecule has 122 valence electrons. The normalized spacial score (nSPS) is 15.9. The van der Waals surface area contributed by atoms with Crippen LogP contribution in [0.1, 0.15) is 16.1 Å². The molecule has 0 bridgehead atoms. The molecule has 0 spiro atoms. The maximum Gasteiger partial charge on any atom is 0.273 e. The molecule has 1 aliphatic rings. The van der Waals surface area contributed by atoms with Crippen LogP contribution in [0, 0.1) is 3.57 Å². The van der Waals surface area contributed by atoms with Gasteiger partial charge in [-0.2, -0.15) is 5.10 Å². The summed E-state index contributed by atoms with van der Waals surface area (Å²) in [6.07, 6.45) is 1.66. The lowest BCUT2D eigenvalue weighted by atomic mass is 10.2. The molecule has 5 nitrogen and oxygen atoms in total. The Bertz CT molecular complexity index is 713. The predicted molar refractivity (Wildman–Crippen MR) is 98.9 cm³/mol. The van der Waals surface area contributed by atoms with Gasteiger partial charge in [0.05, 0.1) is 19.8 Å². The first-order valence-corrected chi connectivity index (χ1v) is 9.02. The van der Waals surface area contributed by atoms with E-state index < -0.39 is 0 Å². The van der Waals surface area contributed by atoms with E-state index in [1.54, 1.807) is 6.20 Å². The second-order valence-electron chi connectivity index (χ2n) is 5.41. The van der Waals surface area contributed by atoms with Crippen molar-refractivity contribution in [3.05, 3.63) is 49.3 Å². The minimum atomic E-state index is 0.0149. The molecular weight excluding hydrogens is 450 g/mol. The van der Waals surface area contributed by atoms with E-state index in [2.05, 4.69) is 37.7 Å². The zero-order valence-corrected chi connectivity index (χ0v) is 15.9. The van der Waals surface area contributed by atoms with Crippen molar-refractivity contribution >= 4 is 51.7 Å². The number of rotatable bonds is 3. The highest BCUT2D eigenvalue weighted by molar-refractivity contribution is 14.1. The van der Waals surface area contributed by atoms with Crippen LogP contribution in [0.3, 0.4) is 0 Å². The summed E-state index contributed by atoms with van der Waals surface area (Å²) in [5.74, 6) is 0.0149. The largest absolute Gasteiger partial charge is 0.335 e. The first-order valence-electron chi connectivity index (χ1n) is 7.19. The molecule has 3 rings (SSSR count). The first kappa shape index (κ1) is 17.0. The van der Waals surface area contributed by atoms with Crippen molar-refractivity contribution in [1.29, 1.82) is 0 Å². The molecular formula is C15H15Cl2IN4O. The summed E-state index contributed by atoms with van der Waals surface area (Å²) in [6, 6.07) is 5.70. The van der Waals surface area contributed by atoms with Gasteiger partial charge in [-0.15, -0.1) is 0 Å². The van der Waals surface area contributed by atoms with Gasteiger partial charge in [-0.3, -0.25) is 14.8 Å². The minimum Gasteiger partial charge on any atom is -0.335 e. The monoisotopic (exact) mass is 464 g/mol. The van der Waals surface area contributed by atoms with Crippen LogP contribution in [-0.4, -0.2) is 52.1 Å². The molecule has 1 saturated heterocycles. The molecule has 0 unspecified atom stereocenters. The number of H-pyrrole nitrogens is 1. The maximum absolute atomic E-state index is 12.4. The van der Waals surface area contributed by atoms with E-state index in [1.807, 2.05) is 23.1 Å². The number of amides is 1. The van der Waals surface area contributed by atoms with Crippen molar-refractivity contribution in [2.45, 2.75) is 6.54 Å². The fourth-order valence-corrected chi connectivity index (χ4v) is 3.40. The Balaban J connectivity index is 1.57. The first-order chi connectivity index (χ1) is 11.0. The highest BCUT2D eigenvalue weighted by atomic mass is 127. The van der Waals surface area contributed by atoms with Gasteiger partial charge in [0.25, 0.3) is 5.91 Å². The highest BCUT2D eigenvalue weighted by Gasteiger charge is 2.24. The van der Waals surface area contributed by atoms with Crippen LogP contribution in [0.15, 0.2) is 24.4 Å². The molecule has 0 saturated carbocycles. The molecule has 0 atom stereocenters. The number of aromatic amines is 1. The third-order valence-corrected chi connectivity index (χ3v) is 5.41. The summed E-state index contributed by atoms with van der Waals surface area (Å²) in [6.45, 7) is 3.87. The Morgan fingerprint density at radius 1 is 1.22 bits per heavy atom. The van der Waals surface area contributed by atoms with Crippen molar-refractivity contribution in [3.63, 3.8) is 0 Å². The van der Waals surface area contributed by atoms with Crippen LogP contribution < -0.4 is 0 Å². The summed E-state index contributed by atoms with van der Waals surface area (Å²) >= 11 is 14.1. The van der Waals surface area contributed by atoms with Gasteiger partial charge < -0.3 is 4.90 Å². The summed E-state index contributed by atoms with van der Waals surface area (Å²) in [4.78, 5) is 16.6. The quantitative estimate of drug-likeness (QED) is 0.709. The average Bonchev–Trinajstić information content (AvgIpc) is 2.97. The Kier molecular flexibility index (Phi) is 5.45. The summed E-state index contributed by atoms with van der Waals surface area (Å²) < 4.78 is 0.853. The number of nitrogens with one attached hydrogen (secondary N) is 1. The molecule has 1 aromatic carbocycles. The lowest BCUT2D eigenvalue weighted by Crippen LogP contribution is -2.48. The number of nitrogens with zero attached hydrogens (tertiary/aromatic N) is 3. The Morgan fingerprint density at radius 2 is 1.96 bits per heavy atom. The maximum atomic E-state index is 12.4. The standard InChI is InChI=1S/C15H15Cl2IN4O/c16-11-2-1-10(7-12(11)17)9-21-3-5-22(6-4-21)15(23)14-13(18)8-19-20-14/h1-2,7-8H,3-6,9H2,(H,19,20). The molecule has 1 aromatic heterocycles. The molecule has 0 radical (unpaired) electrons. The van der Waals surface area contributed by atoms with E-state index >= 15 is 0 Å². The SMILES string of the molecule is O=C(c1[nH]ncc1I)N1CCN(Cc2ccc(Cl)c(Cl)c2)CC1. The van der Waals surface area contributed by atoms with Crippen molar-refractivity contribution in [2.75, 3.05) is 26.2 Å². The van der Waals surface area contributed by atoms with Crippen LogP contribution >= 0.6 is 45.8 Å². The van der Waals surface area contributed by atoms with Crippen LogP contribution in [0.4, 0.5) is 0 Å². The van der Waals surface area contributed by atoms with Gasteiger partial charge >= 0.3 is 0 Å². The summed E-state index contributed by atoms with van der Waals surface area (Å²) in [7, 11) is 0. The van der Waals surface area contributed by atoms with E-state index in [0.717, 1.165) is 28.8 Å². The Hall–Kier alpha value is -0.830. The van der Waals surface area contributed by atoms with E-state index in [9.17, 15) is 4.79 Å². The topological polar surface area (TPSA) is 52.2 Å². The molecule has 1 fully saturated rings. The molecule has 1 amide bonds. The number of carbonyl (C=O) groups is 1. The van der Waals surface area contributed by atoms with Crippen LogP contribution in [-0.2, 0) is 6.54 Å². The number of hydrogen-bond acceptors (Lipinski definition) is 3. The number of benzene rings is 1. The lowest BCUT2D eigenvalue weighted by Gasteiger charge is -2.34. The van der Waals surface area contributed by atoms with Crippen LogP contribution in [0.25, 0.3) is 0 Å². The van der Waals surface area contributed by atoms with Gasteiger partial charge in [0.1, 0.15) is 5.69 Å². The minimum absolute atomic E-state index is 0.0149. The Labute approximate surface area is 158 Å². The summed E-state index contributed by atoms with van der Waals surface area (Å²) in [5.41, 5.74) is 1.70. The van der Waals surface area contributed by atoms with Crippen molar-refractivity contribution in [3.8, 4) is 0 Å². The number of aromatic nitrogens is 2. The molecule has 1 N–H and O–H groups in total. The van der Waals surface area contributed by atoms with Crippen LogP contribution in [0.2, 0.25) is 10.0 Å². The number of halogens is 3. The number of piperazine rings is 1. The molecule has 8 heteroatoms. The molecule has 0 aliphatic carbocycles. The zero-order chi connectivity index (χ0) is 16.4. The molecule has 1 aliphatic heterocycles. The van der Waals surface area contributed by atoms with E-state index in [-0.39, 0.29) is 5.91 Å². The van der Waals surface area contributed by atoms with E-state index in [4.69, 9.17) is 23.2 Å². The number of carbonyl (C=O) groups excluding carboxylic acids is 1. The zero-order valence-electron chi connectivity index (χ0n) is 12.2. The van der Waals surface area contributed by atoms with Gasteiger partial charge in [0.2, 0.25) is 0 Å². The third kappa shape index (κ3) is 3.99. The van der Waals surface area contributed by atoms with E-state index in [0.29, 0.717) is 28.8 Å². The molecule has 2 heterocycles. The average molecular weight is 465 g/mol. The second-order valence-corrected chi connectivity index (χ2v) is 7.39. The second kappa shape index (κ2) is 7.38. The van der Waals surface area contributed by atoms with Gasteiger partial charge in [0, 0.05) is 32.7 Å². The predicted octanol–water partition coefficient (Wildman–Crippen LogP) is 3.28. The van der Waals surface area contributed by atoms with Gasteiger partial charge in [-0.05, 0) is 40.3 Å². The lowest BCUT2D eigenvalue weighted by molar-refractivity contribution is 0.0621. The summed E-state index contributed by atoms with van der Waals surface area (Å²) in [5, 5.41) is 7.83. The van der Waals surface area contributed by atoms with Crippen molar-refractivity contribution < 1.29 is 4.79 Å². The molecule has 23 heavy (non-hydrogen) atoms. The van der Waals surface area contributed by atoms with Gasteiger partial charge in [-0.25, -0.2) is 0 Å². The third-order valence-electron chi connectivity index (χ3n) is 3.86. The van der Waals surface area contributed by atoms with E-state index in [1.165, 1.54) is 0 Å². The van der Waals surface area contributed by atoms with Crippen molar-refractivity contribution in [2.24, 2.45) is 0 Å². The van der Waals surface area contributed by atoms with Gasteiger partial charge in [0.15, 0.2) is 0 Å².